The number of urea groups is 1. The first kappa shape index (κ1) is 17.9. The van der Waals surface area contributed by atoms with Crippen LogP contribution in [-0.4, -0.2) is 19.7 Å². The van der Waals surface area contributed by atoms with Crippen LogP contribution in [0.1, 0.15) is 36.1 Å². The Hall–Kier alpha value is -2.47. The molecule has 2 aromatic rings. The molecular formula is C21H21BrN2O3. The van der Waals surface area contributed by atoms with E-state index in [-0.39, 0.29) is 12.1 Å². The fourth-order valence-corrected chi connectivity index (χ4v) is 4.40. The Bertz CT molecular complexity index is 939. The maximum atomic E-state index is 12.4. The summed E-state index contributed by atoms with van der Waals surface area (Å²) >= 11 is 3.59. The fraction of sp³-hybridized carbons (Fsp3) is 0.286. The maximum absolute atomic E-state index is 12.4. The second-order valence-corrected chi connectivity index (χ2v) is 7.41. The average molecular weight is 429 g/mol. The second-order valence-electron chi connectivity index (χ2n) is 6.56. The molecule has 0 spiro atoms. The van der Waals surface area contributed by atoms with Gasteiger partial charge < -0.3 is 20.1 Å². The molecule has 0 saturated carbocycles. The molecule has 5 nitrogen and oxygen atoms in total. The Labute approximate surface area is 166 Å². The molecule has 1 aliphatic heterocycles. The summed E-state index contributed by atoms with van der Waals surface area (Å²) in [5.41, 5.74) is 5.45. The number of halogens is 1. The number of methoxy groups -OCH3 is 1. The highest BCUT2D eigenvalue weighted by molar-refractivity contribution is 9.10. The highest BCUT2D eigenvalue weighted by Crippen LogP contribution is 2.43. The quantitative estimate of drug-likeness (QED) is 0.749. The van der Waals surface area contributed by atoms with Crippen LogP contribution in [0.3, 0.4) is 0 Å². The van der Waals surface area contributed by atoms with Crippen LogP contribution in [0.25, 0.3) is 5.70 Å². The monoisotopic (exact) mass is 428 g/mol. The number of aryl methyl sites for hydroxylation is 1. The number of hydrogen-bond acceptors (Lipinski definition) is 3. The van der Waals surface area contributed by atoms with Crippen molar-refractivity contribution >= 4 is 27.7 Å². The molecular weight excluding hydrogens is 408 g/mol. The lowest BCUT2D eigenvalue weighted by atomic mass is 9.83. The smallest absolute Gasteiger partial charge is 0.319 e. The normalized spacial score (nSPS) is 18.2. The van der Waals surface area contributed by atoms with Gasteiger partial charge in [-0.2, -0.15) is 0 Å². The summed E-state index contributed by atoms with van der Waals surface area (Å²) in [7, 11) is 1.62. The van der Waals surface area contributed by atoms with E-state index in [9.17, 15) is 4.79 Å². The Kier molecular flexibility index (Phi) is 4.83. The molecule has 1 unspecified atom stereocenters. The van der Waals surface area contributed by atoms with Crippen molar-refractivity contribution in [2.75, 3.05) is 13.7 Å². The average Bonchev–Trinajstić information content (AvgIpc) is 2.68. The highest BCUT2D eigenvalue weighted by atomic mass is 79.9. The van der Waals surface area contributed by atoms with Crippen LogP contribution in [0.5, 0.6) is 11.5 Å². The Morgan fingerprint density at radius 3 is 2.81 bits per heavy atom. The molecule has 1 aliphatic carbocycles. The Morgan fingerprint density at radius 2 is 2.04 bits per heavy atom. The van der Waals surface area contributed by atoms with E-state index < -0.39 is 0 Å². The Morgan fingerprint density at radius 1 is 1.22 bits per heavy atom. The van der Waals surface area contributed by atoms with Crippen LogP contribution in [0.2, 0.25) is 0 Å². The van der Waals surface area contributed by atoms with Crippen molar-refractivity contribution in [3.8, 4) is 11.5 Å². The number of rotatable bonds is 4. The van der Waals surface area contributed by atoms with Crippen molar-refractivity contribution in [2.45, 2.75) is 25.8 Å². The minimum absolute atomic E-state index is 0.195. The molecule has 140 valence electrons. The van der Waals surface area contributed by atoms with Gasteiger partial charge >= 0.3 is 6.03 Å². The number of hydrogen-bond donors (Lipinski definition) is 2. The van der Waals surface area contributed by atoms with E-state index in [0.717, 1.165) is 34.1 Å². The van der Waals surface area contributed by atoms with E-state index in [1.807, 2.05) is 31.2 Å². The molecule has 27 heavy (non-hydrogen) atoms. The minimum Gasteiger partial charge on any atom is -0.493 e. The summed E-state index contributed by atoms with van der Waals surface area (Å²) in [6, 6.07) is 11.8. The van der Waals surface area contributed by atoms with E-state index in [1.165, 1.54) is 11.1 Å². The van der Waals surface area contributed by atoms with Crippen molar-refractivity contribution in [2.24, 2.45) is 0 Å². The molecule has 2 amide bonds. The van der Waals surface area contributed by atoms with Gasteiger partial charge in [-0.3, -0.25) is 0 Å². The van der Waals surface area contributed by atoms with Crippen molar-refractivity contribution in [3.05, 3.63) is 63.1 Å². The summed E-state index contributed by atoms with van der Waals surface area (Å²) in [6.45, 7) is 2.48. The van der Waals surface area contributed by atoms with E-state index in [1.54, 1.807) is 7.11 Å². The molecule has 0 radical (unpaired) electrons. The van der Waals surface area contributed by atoms with E-state index in [4.69, 9.17) is 9.47 Å². The molecule has 0 fully saturated rings. The maximum Gasteiger partial charge on any atom is 0.319 e. The molecule has 6 heteroatoms. The fourth-order valence-electron chi connectivity index (χ4n) is 3.83. The lowest BCUT2D eigenvalue weighted by Gasteiger charge is -2.34. The topological polar surface area (TPSA) is 59.6 Å². The van der Waals surface area contributed by atoms with Crippen molar-refractivity contribution in [3.63, 3.8) is 0 Å². The van der Waals surface area contributed by atoms with Gasteiger partial charge in [0.05, 0.1) is 29.9 Å². The third kappa shape index (κ3) is 3.18. The van der Waals surface area contributed by atoms with E-state index in [2.05, 4.69) is 38.7 Å². The third-order valence-corrected chi connectivity index (χ3v) is 5.60. The summed E-state index contributed by atoms with van der Waals surface area (Å²) in [6.07, 6.45) is 1.84. The summed E-state index contributed by atoms with van der Waals surface area (Å²) in [4.78, 5) is 12.4. The largest absolute Gasteiger partial charge is 0.493 e. The number of nitrogens with one attached hydrogen (secondary N) is 2. The number of amides is 2. The number of carbonyl (C=O) groups is 1. The van der Waals surface area contributed by atoms with Gasteiger partial charge in [0.2, 0.25) is 0 Å². The molecule has 2 aromatic carbocycles. The number of ether oxygens (including phenoxy) is 2. The van der Waals surface area contributed by atoms with Crippen LogP contribution in [0, 0.1) is 0 Å². The molecule has 0 bridgehead atoms. The van der Waals surface area contributed by atoms with Crippen LogP contribution >= 0.6 is 15.9 Å². The summed E-state index contributed by atoms with van der Waals surface area (Å²) in [5, 5.41) is 6.08. The van der Waals surface area contributed by atoms with Gasteiger partial charge in [-0.25, -0.2) is 4.79 Å². The second kappa shape index (κ2) is 7.27. The first-order chi connectivity index (χ1) is 13.1. The molecule has 2 aliphatic rings. The van der Waals surface area contributed by atoms with Crippen LogP contribution in [0.15, 0.2) is 46.4 Å². The number of carbonyl (C=O) groups excluding carboxylic acids is 1. The molecule has 4 rings (SSSR count). The number of benzene rings is 2. The third-order valence-electron chi connectivity index (χ3n) is 5.01. The van der Waals surface area contributed by atoms with Crippen molar-refractivity contribution < 1.29 is 14.3 Å². The highest BCUT2D eigenvalue weighted by Gasteiger charge is 2.32. The SMILES string of the molecule is CCOc1c(Br)cc(C2NC(=O)NC3=C2CCc2ccccc23)cc1OC. The zero-order chi connectivity index (χ0) is 19.0. The van der Waals surface area contributed by atoms with Crippen LogP contribution in [0.4, 0.5) is 4.79 Å². The van der Waals surface area contributed by atoms with Gasteiger partial charge in [-0.1, -0.05) is 24.3 Å². The summed E-state index contributed by atoms with van der Waals surface area (Å²) in [5.74, 6) is 1.32. The van der Waals surface area contributed by atoms with Crippen LogP contribution < -0.4 is 20.1 Å². The molecule has 2 N–H and O–H groups in total. The van der Waals surface area contributed by atoms with Gasteiger partial charge in [0.25, 0.3) is 0 Å². The molecule has 1 atom stereocenters. The minimum atomic E-state index is -0.206. The van der Waals surface area contributed by atoms with Crippen LogP contribution in [-0.2, 0) is 6.42 Å². The predicted octanol–water partition coefficient (Wildman–Crippen LogP) is 4.57. The predicted molar refractivity (Wildman–Crippen MR) is 108 cm³/mol. The van der Waals surface area contributed by atoms with Gasteiger partial charge in [0, 0.05) is 5.56 Å². The first-order valence-corrected chi connectivity index (χ1v) is 9.80. The molecule has 0 saturated heterocycles. The van der Waals surface area contributed by atoms with Gasteiger partial charge in [0.15, 0.2) is 11.5 Å². The lowest BCUT2D eigenvalue weighted by molar-refractivity contribution is 0.240. The van der Waals surface area contributed by atoms with Gasteiger partial charge in [0.1, 0.15) is 0 Å². The van der Waals surface area contributed by atoms with E-state index >= 15 is 0 Å². The van der Waals surface area contributed by atoms with Gasteiger partial charge in [-0.05, 0) is 64.5 Å². The standard InChI is InChI=1S/C21H21BrN2O3/c1-3-27-20-16(22)10-13(11-17(20)26-2)18-15-9-8-12-6-4-5-7-14(12)19(15)24-21(25)23-18/h4-7,10-11,18H,3,8-9H2,1-2H3,(H2,23,24,25). The molecule has 0 aromatic heterocycles. The summed E-state index contributed by atoms with van der Waals surface area (Å²) < 4.78 is 12.0. The van der Waals surface area contributed by atoms with Crippen molar-refractivity contribution in [1.29, 1.82) is 0 Å². The lowest BCUT2D eigenvalue weighted by Crippen LogP contribution is -2.44. The van der Waals surface area contributed by atoms with E-state index in [0.29, 0.717) is 18.1 Å². The van der Waals surface area contributed by atoms with Gasteiger partial charge in [-0.15, -0.1) is 0 Å². The zero-order valence-electron chi connectivity index (χ0n) is 15.3. The van der Waals surface area contributed by atoms with Crippen molar-refractivity contribution in [1.82, 2.24) is 10.6 Å². The first-order valence-electron chi connectivity index (χ1n) is 9.01. The zero-order valence-corrected chi connectivity index (χ0v) is 16.9. The number of fused-ring (bicyclic) bond motifs is 2. The Balaban J connectivity index is 1.82. The molecule has 1 heterocycles.